The van der Waals surface area contributed by atoms with Crippen LogP contribution in [0.5, 0.6) is 5.75 Å². The molecular formula is C41H45FN8O7. The first-order valence-corrected chi connectivity index (χ1v) is 19.7. The van der Waals surface area contributed by atoms with Crippen LogP contribution in [0.3, 0.4) is 0 Å². The second-order valence-electron chi connectivity index (χ2n) is 15.4. The van der Waals surface area contributed by atoms with Crippen molar-refractivity contribution in [1.29, 1.82) is 0 Å². The number of nitrogens with zero attached hydrogens (tertiary/aromatic N) is 5. The van der Waals surface area contributed by atoms with Crippen LogP contribution in [-0.4, -0.2) is 100.0 Å². The number of anilines is 2. The molecule has 0 bridgehead atoms. The highest BCUT2D eigenvalue weighted by Crippen LogP contribution is 2.35. The van der Waals surface area contributed by atoms with Gasteiger partial charge in [-0.2, -0.15) is 5.10 Å². The SMILES string of the molecule is COc1cc2[nH]ncc2cc1C(=O)Nc1cccn(C2CC2)c1=O.O=C1CCC(N2C(=O)c3cc(F)c(N4CCN(CC5CCCCC5)CC4)cc3C2=O)C(=O)N1. The van der Waals surface area contributed by atoms with Gasteiger partial charge in [0, 0.05) is 62.8 Å². The zero-order chi connectivity index (χ0) is 39.8. The first kappa shape index (κ1) is 38.0. The summed E-state index contributed by atoms with van der Waals surface area (Å²) in [7, 11) is 1.50. The number of ether oxygens (including phenoxy) is 1. The third-order valence-electron chi connectivity index (χ3n) is 11.6. The first-order valence-electron chi connectivity index (χ1n) is 19.7. The molecule has 4 fully saturated rings. The average Bonchev–Trinajstić information content (AvgIpc) is 3.90. The van der Waals surface area contributed by atoms with E-state index in [0.29, 0.717) is 30.1 Å². The van der Waals surface area contributed by atoms with Crippen molar-refractivity contribution >= 4 is 51.8 Å². The maximum absolute atomic E-state index is 15.0. The van der Waals surface area contributed by atoms with Crippen molar-refractivity contribution in [2.75, 3.05) is 50.1 Å². The van der Waals surface area contributed by atoms with E-state index in [4.69, 9.17) is 4.74 Å². The predicted molar refractivity (Wildman–Crippen MR) is 208 cm³/mol. The number of benzene rings is 2. The third-order valence-corrected chi connectivity index (χ3v) is 11.6. The Balaban J connectivity index is 0.000000168. The number of halogens is 1. The third kappa shape index (κ3) is 7.77. The van der Waals surface area contributed by atoms with E-state index in [1.807, 2.05) is 4.90 Å². The molecule has 4 aromatic rings. The number of aromatic amines is 1. The minimum absolute atomic E-state index is 0.0260. The fraction of sp³-hybridized carbons (Fsp3) is 0.439. The van der Waals surface area contributed by atoms with Gasteiger partial charge in [-0.15, -0.1) is 0 Å². The summed E-state index contributed by atoms with van der Waals surface area (Å²) in [5.74, 6) is -2.15. The molecule has 16 heteroatoms. The van der Waals surface area contributed by atoms with Crippen LogP contribution in [0, 0.1) is 11.7 Å². The van der Waals surface area contributed by atoms with Gasteiger partial charge in [0.15, 0.2) is 0 Å². The zero-order valence-electron chi connectivity index (χ0n) is 31.7. The van der Waals surface area contributed by atoms with Gasteiger partial charge >= 0.3 is 0 Å². The Kier molecular flexibility index (Phi) is 10.6. The van der Waals surface area contributed by atoms with Crippen LogP contribution in [0.25, 0.3) is 10.9 Å². The second kappa shape index (κ2) is 15.9. The minimum atomic E-state index is -1.05. The number of aromatic nitrogens is 3. The molecule has 1 unspecified atom stereocenters. The van der Waals surface area contributed by atoms with Gasteiger partial charge in [-0.05, 0) is 68.4 Å². The Morgan fingerprint density at radius 3 is 2.37 bits per heavy atom. The molecule has 3 aliphatic heterocycles. The molecule has 57 heavy (non-hydrogen) atoms. The summed E-state index contributed by atoms with van der Waals surface area (Å²) in [4.78, 5) is 79.9. The topological polar surface area (TPSA) is 179 Å². The number of hydrogen-bond acceptors (Lipinski definition) is 10. The number of H-pyrrole nitrogens is 1. The monoisotopic (exact) mass is 780 g/mol. The largest absolute Gasteiger partial charge is 0.496 e. The molecule has 2 aromatic heterocycles. The number of hydrogen-bond donors (Lipinski definition) is 3. The molecule has 15 nitrogen and oxygen atoms in total. The number of rotatable bonds is 8. The van der Waals surface area contributed by atoms with Crippen LogP contribution in [0.4, 0.5) is 15.8 Å². The second-order valence-corrected chi connectivity index (χ2v) is 15.4. The van der Waals surface area contributed by atoms with Crippen LogP contribution in [0.1, 0.15) is 94.9 Å². The number of pyridine rings is 1. The zero-order valence-corrected chi connectivity index (χ0v) is 31.7. The van der Waals surface area contributed by atoms with Gasteiger partial charge in [0.1, 0.15) is 23.3 Å². The number of piperazine rings is 1. The Hall–Kier alpha value is -5.90. The van der Waals surface area contributed by atoms with Crippen molar-refractivity contribution in [3.63, 3.8) is 0 Å². The molecule has 2 aliphatic carbocycles. The van der Waals surface area contributed by atoms with Crippen molar-refractivity contribution in [3.8, 4) is 5.75 Å². The van der Waals surface area contributed by atoms with Crippen LogP contribution in [0.15, 0.2) is 53.6 Å². The van der Waals surface area contributed by atoms with E-state index in [-0.39, 0.29) is 47.2 Å². The molecule has 0 radical (unpaired) electrons. The summed E-state index contributed by atoms with van der Waals surface area (Å²) in [6.07, 6.45) is 12.1. The summed E-state index contributed by atoms with van der Waals surface area (Å²) in [5, 5.41) is 12.4. The molecule has 1 atom stereocenters. The lowest BCUT2D eigenvalue weighted by molar-refractivity contribution is -0.136. The summed E-state index contributed by atoms with van der Waals surface area (Å²) < 4.78 is 22.0. The van der Waals surface area contributed by atoms with E-state index in [9.17, 15) is 28.8 Å². The highest BCUT2D eigenvalue weighted by atomic mass is 19.1. The molecule has 9 rings (SSSR count). The molecule has 298 valence electrons. The van der Waals surface area contributed by atoms with E-state index < -0.39 is 35.5 Å². The number of carbonyl (C=O) groups is 5. The summed E-state index contributed by atoms with van der Waals surface area (Å²) in [5.41, 5.74) is 1.62. The molecule has 0 spiro atoms. The molecule has 2 saturated heterocycles. The molecule has 3 N–H and O–H groups in total. The van der Waals surface area contributed by atoms with E-state index in [1.165, 1.54) is 45.3 Å². The molecule has 5 amide bonds. The maximum Gasteiger partial charge on any atom is 0.274 e. The van der Waals surface area contributed by atoms with Gasteiger partial charge in [-0.3, -0.25) is 49.0 Å². The lowest BCUT2D eigenvalue weighted by Gasteiger charge is -2.38. The summed E-state index contributed by atoms with van der Waals surface area (Å²) in [6, 6.07) is 8.56. The Labute approximate surface area is 327 Å². The number of imide groups is 2. The first-order chi connectivity index (χ1) is 27.6. The number of carbonyl (C=O) groups excluding carboxylic acids is 5. The minimum Gasteiger partial charge on any atom is -0.496 e. The lowest BCUT2D eigenvalue weighted by atomic mass is 9.89. The van der Waals surface area contributed by atoms with E-state index >= 15 is 4.39 Å². The maximum atomic E-state index is 15.0. The normalized spacial score (nSPS) is 20.3. The number of methoxy groups -OCH3 is 1. The van der Waals surface area contributed by atoms with Crippen LogP contribution in [0.2, 0.25) is 0 Å². The van der Waals surface area contributed by atoms with Crippen molar-refractivity contribution in [2.24, 2.45) is 5.92 Å². The molecule has 5 aliphatic rings. The number of fused-ring (bicyclic) bond motifs is 2. The van der Waals surface area contributed by atoms with Crippen LogP contribution in [-0.2, 0) is 9.59 Å². The summed E-state index contributed by atoms with van der Waals surface area (Å²) >= 11 is 0. The van der Waals surface area contributed by atoms with Gasteiger partial charge in [-0.1, -0.05) is 19.3 Å². The predicted octanol–water partition coefficient (Wildman–Crippen LogP) is 4.25. The number of nitrogens with one attached hydrogen (secondary N) is 3. The van der Waals surface area contributed by atoms with Gasteiger partial charge in [-0.25, -0.2) is 4.39 Å². The van der Waals surface area contributed by atoms with Crippen LogP contribution < -0.4 is 25.8 Å². The van der Waals surface area contributed by atoms with E-state index in [2.05, 4.69) is 25.7 Å². The van der Waals surface area contributed by atoms with Gasteiger partial charge in [0.2, 0.25) is 11.8 Å². The Morgan fingerprint density at radius 1 is 0.930 bits per heavy atom. The molecular weight excluding hydrogens is 735 g/mol. The number of piperidine rings is 1. The quantitative estimate of drug-likeness (QED) is 0.219. The van der Waals surface area contributed by atoms with Gasteiger partial charge in [0.25, 0.3) is 23.3 Å². The van der Waals surface area contributed by atoms with Gasteiger partial charge < -0.3 is 19.5 Å². The Bertz CT molecular complexity index is 2310. The van der Waals surface area contributed by atoms with E-state index in [1.54, 1.807) is 41.2 Å². The van der Waals surface area contributed by atoms with Crippen molar-refractivity contribution in [1.82, 2.24) is 29.9 Å². The van der Waals surface area contributed by atoms with Gasteiger partial charge in [0.05, 0.1) is 41.2 Å². The number of amides is 5. The molecule has 5 heterocycles. The Morgan fingerprint density at radius 2 is 1.67 bits per heavy atom. The standard InChI is InChI=1S/C24H29FN4O4.C17H16N4O3/c25-18-12-16-17(24(33)29(23(16)32)19-6-7-21(30)26-22(19)31)13-20(18)28-10-8-27(9-11-28)14-15-4-2-1-3-5-15;1-24-15-8-14-10(9-18-20-14)7-12(15)16(22)19-13-3-2-6-21(17(13)23)11-4-5-11/h12-13,15,19H,1-11,14H2,(H,26,30,31);2-3,6-9,11H,4-5H2,1H3,(H,18,20)(H,19,22). The van der Waals surface area contributed by atoms with Crippen LogP contribution >= 0.6 is 0 Å². The highest BCUT2D eigenvalue weighted by Gasteiger charge is 2.45. The molecule has 2 saturated carbocycles. The smallest absolute Gasteiger partial charge is 0.274 e. The van der Waals surface area contributed by atoms with Crippen molar-refractivity contribution in [2.45, 2.75) is 69.9 Å². The highest BCUT2D eigenvalue weighted by molar-refractivity contribution is 6.23. The summed E-state index contributed by atoms with van der Waals surface area (Å²) in [6.45, 7) is 4.07. The molecule has 2 aromatic carbocycles. The average molecular weight is 781 g/mol. The van der Waals surface area contributed by atoms with Crippen molar-refractivity contribution in [3.05, 3.63) is 81.7 Å². The fourth-order valence-electron chi connectivity index (χ4n) is 8.38. The lowest BCUT2D eigenvalue weighted by Crippen LogP contribution is -2.54. The van der Waals surface area contributed by atoms with E-state index in [0.717, 1.165) is 60.3 Å². The fourth-order valence-corrected chi connectivity index (χ4v) is 8.38. The van der Waals surface area contributed by atoms with Crippen molar-refractivity contribution < 1.29 is 33.1 Å².